The highest BCUT2D eigenvalue weighted by molar-refractivity contribution is 6.42. The molecule has 0 saturated heterocycles. The number of aromatic nitrogens is 1. The van der Waals surface area contributed by atoms with Crippen molar-refractivity contribution in [3.8, 4) is 0 Å². The smallest absolute Gasteiger partial charge is 0.311 e. The molecule has 20 heavy (non-hydrogen) atoms. The molecule has 1 aromatic carbocycles. The van der Waals surface area contributed by atoms with E-state index in [9.17, 15) is 10.1 Å². The molecule has 4 N–H and O–H groups in total. The van der Waals surface area contributed by atoms with Gasteiger partial charge in [0, 0.05) is 11.8 Å². The van der Waals surface area contributed by atoms with Gasteiger partial charge in [-0.3, -0.25) is 10.1 Å². The van der Waals surface area contributed by atoms with Gasteiger partial charge in [-0.05, 0) is 24.3 Å². The lowest BCUT2D eigenvalue weighted by molar-refractivity contribution is -0.384. The van der Waals surface area contributed by atoms with Crippen molar-refractivity contribution in [2.75, 3.05) is 10.7 Å². The zero-order valence-corrected chi connectivity index (χ0v) is 11.4. The lowest BCUT2D eigenvalue weighted by atomic mass is 10.3. The number of anilines is 3. The minimum absolute atomic E-state index is 0.0452. The van der Waals surface area contributed by atoms with Crippen molar-refractivity contribution in [1.82, 2.24) is 4.98 Å². The van der Waals surface area contributed by atoms with E-state index >= 15 is 0 Å². The van der Waals surface area contributed by atoms with E-state index in [1.165, 1.54) is 18.2 Å². The molecule has 0 atom stereocenters. The van der Waals surface area contributed by atoms with Crippen molar-refractivity contribution in [2.24, 2.45) is 5.84 Å². The number of nitrogens with zero attached hydrogens (tertiary/aromatic N) is 2. The quantitative estimate of drug-likeness (QED) is 0.454. The third kappa shape index (κ3) is 3.08. The number of nitro groups is 1. The van der Waals surface area contributed by atoms with Crippen LogP contribution >= 0.6 is 23.2 Å². The van der Waals surface area contributed by atoms with Gasteiger partial charge in [0.1, 0.15) is 5.82 Å². The first-order valence-electron chi connectivity index (χ1n) is 5.35. The van der Waals surface area contributed by atoms with Crippen LogP contribution in [-0.4, -0.2) is 9.91 Å². The summed E-state index contributed by atoms with van der Waals surface area (Å²) in [6.07, 6.45) is 0. The number of nitrogens with one attached hydrogen (secondary N) is 2. The summed E-state index contributed by atoms with van der Waals surface area (Å²) in [6.45, 7) is 0. The summed E-state index contributed by atoms with van der Waals surface area (Å²) in [5, 5.41) is 14.5. The Labute approximate surface area is 123 Å². The molecule has 0 fully saturated rings. The summed E-state index contributed by atoms with van der Waals surface area (Å²) >= 11 is 11.7. The van der Waals surface area contributed by atoms with Crippen LogP contribution in [0, 0.1) is 10.1 Å². The van der Waals surface area contributed by atoms with Gasteiger partial charge in [0.25, 0.3) is 0 Å². The molecular formula is C11H9Cl2N5O2. The number of nitrogen functional groups attached to an aromatic ring is 1. The molecule has 1 aromatic heterocycles. The van der Waals surface area contributed by atoms with Gasteiger partial charge in [0.2, 0.25) is 5.82 Å². The summed E-state index contributed by atoms with van der Waals surface area (Å²) < 4.78 is 0. The zero-order chi connectivity index (χ0) is 14.7. The Kier molecular flexibility index (Phi) is 4.23. The van der Waals surface area contributed by atoms with Gasteiger partial charge >= 0.3 is 5.69 Å². The second-order valence-corrected chi connectivity index (χ2v) is 4.53. The highest BCUT2D eigenvalue weighted by Gasteiger charge is 2.16. The average Bonchev–Trinajstić information content (AvgIpc) is 2.42. The third-order valence-corrected chi connectivity index (χ3v) is 3.14. The van der Waals surface area contributed by atoms with Crippen molar-refractivity contribution in [3.05, 3.63) is 50.5 Å². The molecule has 0 amide bonds. The van der Waals surface area contributed by atoms with Crippen LogP contribution in [0.15, 0.2) is 30.3 Å². The SMILES string of the molecule is NNc1ccc([N+](=O)[O-])c(Nc2ccc(Cl)c(Cl)c2)n1. The maximum Gasteiger partial charge on any atom is 0.311 e. The Morgan fingerprint density at radius 1 is 1.20 bits per heavy atom. The highest BCUT2D eigenvalue weighted by Crippen LogP contribution is 2.30. The molecule has 2 rings (SSSR count). The van der Waals surface area contributed by atoms with Gasteiger partial charge in [0.15, 0.2) is 0 Å². The average molecular weight is 314 g/mol. The van der Waals surface area contributed by atoms with E-state index < -0.39 is 4.92 Å². The number of benzene rings is 1. The summed E-state index contributed by atoms with van der Waals surface area (Å²) in [5.41, 5.74) is 2.65. The molecule has 2 aromatic rings. The molecule has 1 heterocycles. The highest BCUT2D eigenvalue weighted by atomic mass is 35.5. The summed E-state index contributed by atoms with van der Waals surface area (Å²) in [4.78, 5) is 14.4. The van der Waals surface area contributed by atoms with E-state index in [0.717, 1.165) is 0 Å². The fourth-order valence-corrected chi connectivity index (χ4v) is 1.78. The Morgan fingerprint density at radius 2 is 1.95 bits per heavy atom. The fourth-order valence-electron chi connectivity index (χ4n) is 1.48. The van der Waals surface area contributed by atoms with Gasteiger partial charge < -0.3 is 10.7 Å². The summed E-state index contributed by atoms with van der Waals surface area (Å²) in [5.74, 6) is 5.57. The Morgan fingerprint density at radius 3 is 2.55 bits per heavy atom. The standard InChI is InChI=1S/C11H9Cl2N5O2/c12-7-2-1-6(5-8(7)13)15-11-9(18(19)20)3-4-10(16-11)17-14/h1-5H,14H2,(H2,15,16,17). The molecule has 104 valence electrons. The first-order valence-corrected chi connectivity index (χ1v) is 6.11. The first kappa shape index (κ1) is 14.3. The van der Waals surface area contributed by atoms with E-state index in [2.05, 4.69) is 15.7 Å². The normalized spacial score (nSPS) is 10.2. The van der Waals surface area contributed by atoms with Crippen molar-refractivity contribution < 1.29 is 4.92 Å². The van der Waals surface area contributed by atoms with Gasteiger partial charge in [-0.2, -0.15) is 0 Å². The number of halogens is 2. The molecular weight excluding hydrogens is 305 g/mol. The summed E-state index contributed by atoms with van der Waals surface area (Å²) in [6, 6.07) is 7.43. The number of nitrogens with two attached hydrogens (primary N) is 1. The van der Waals surface area contributed by atoms with Crippen molar-refractivity contribution in [3.63, 3.8) is 0 Å². The first-order chi connectivity index (χ1) is 9.51. The number of hydrazine groups is 1. The van der Waals surface area contributed by atoms with Crippen LogP contribution in [0.1, 0.15) is 0 Å². The van der Waals surface area contributed by atoms with Gasteiger partial charge in [0.05, 0.1) is 15.0 Å². The minimum Gasteiger partial charge on any atom is -0.334 e. The molecule has 0 bridgehead atoms. The van der Waals surface area contributed by atoms with Crippen molar-refractivity contribution in [1.29, 1.82) is 0 Å². The van der Waals surface area contributed by atoms with Crippen LogP contribution in [0.4, 0.5) is 23.0 Å². The third-order valence-electron chi connectivity index (χ3n) is 2.40. The summed E-state index contributed by atoms with van der Waals surface area (Å²) in [7, 11) is 0. The van der Waals surface area contributed by atoms with Gasteiger partial charge in [-0.15, -0.1) is 0 Å². The molecule has 0 aliphatic heterocycles. The Bertz CT molecular complexity index is 665. The van der Waals surface area contributed by atoms with Crippen molar-refractivity contribution in [2.45, 2.75) is 0 Å². The van der Waals surface area contributed by atoms with Crippen LogP contribution in [0.5, 0.6) is 0 Å². The number of hydrogen-bond donors (Lipinski definition) is 3. The monoisotopic (exact) mass is 313 g/mol. The lowest BCUT2D eigenvalue weighted by Gasteiger charge is -2.08. The predicted molar refractivity (Wildman–Crippen MR) is 78.4 cm³/mol. The maximum atomic E-state index is 11.0. The molecule has 0 aliphatic carbocycles. The molecule has 9 heteroatoms. The van der Waals surface area contributed by atoms with Crippen LogP contribution in [0.2, 0.25) is 10.0 Å². The van der Waals surface area contributed by atoms with Crippen LogP contribution in [0.3, 0.4) is 0 Å². The molecule has 0 saturated carbocycles. The maximum absolute atomic E-state index is 11.0. The second kappa shape index (κ2) is 5.91. The van der Waals surface area contributed by atoms with E-state index in [1.54, 1.807) is 12.1 Å². The Hall–Kier alpha value is -2.09. The van der Waals surface area contributed by atoms with Crippen molar-refractivity contribution >= 4 is 46.2 Å². The van der Waals surface area contributed by atoms with Crippen LogP contribution < -0.4 is 16.6 Å². The van der Waals surface area contributed by atoms with Crippen LogP contribution in [-0.2, 0) is 0 Å². The second-order valence-electron chi connectivity index (χ2n) is 3.72. The molecule has 0 unspecified atom stereocenters. The van der Waals surface area contributed by atoms with E-state index in [1.807, 2.05) is 0 Å². The number of pyridine rings is 1. The molecule has 0 aliphatic rings. The van der Waals surface area contributed by atoms with E-state index in [4.69, 9.17) is 29.0 Å². The van der Waals surface area contributed by atoms with E-state index in [-0.39, 0.29) is 17.3 Å². The predicted octanol–water partition coefficient (Wildman–Crippen LogP) is 3.33. The number of hydrogen-bond acceptors (Lipinski definition) is 6. The number of rotatable bonds is 4. The molecule has 7 nitrogen and oxygen atoms in total. The zero-order valence-electron chi connectivity index (χ0n) is 9.93. The molecule has 0 spiro atoms. The van der Waals surface area contributed by atoms with Crippen LogP contribution in [0.25, 0.3) is 0 Å². The lowest BCUT2D eigenvalue weighted by Crippen LogP contribution is -2.10. The largest absolute Gasteiger partial charge is 0.334 e. The topological polar surface area (TPSA) is 106 Å². The van der Waals surface area contributed by atoms with Gasteiger partial charge in [-0.25, -0.2) is 10.8 Å². The van der Waals surface area contributed by atoms with E-state index in [0.29, 0.717) is 15.7 Å². The van der Waals surface area contributed by atoms with Gasteiger partial charge in [-0.1, -0.05) is 23.2 Å². The minimum atomic E-state index is -0.548. The molecule has 0 radical (unpaired) electrons. The Balaban J connectivity index is 2.40. The fraction of sp³-hybridized carbons (Fsp3) is 0.